The van der Waals surface area contributed by atoms with Crippen LogP contribution in [-0.2, 0) is 0 Å². The van der Waals surface area contributed by atoms with Crippen LogP contribution < -0.4 is 15.8 Å². The Morgan fingerprint density at radius 1 is 1.30 bits per heavy atom. The van der Waals surface area contributed by atoms with Crippen LogP contribution in [-0.4, -0.2) is 12.5 Å². The van der Waals surface area contributed by atoms with Crippen LogP contribution >= 0.6 is 0 Å². The van der Waals surface area contributed by atoms with Gasteiger partial charge in [0.2, 0.25) is 0 Å². The van der Waals surface area contributed by atoms with Crippen molar-refractivity contribution in [3.8, 4) is 5.75 Å². The average molecular weight is 274 g/mol. The molecule has 0 aliphatic heterocycles. The van der Waals surface area contributed by atoms with Crippen LogP contribution in [0.3, 0.4) is 0 Å². The molecule has 1 amide bonds. The molecule has 0 aliphatic rings. The number of ether oxygens (including phenoxy) is 1. The number of amides is 1. The Balaban J connectivity index is 2.14. The van der Waals surface area contributed by atoms with Gasteiger partial charge in [-0.05, 0) is 37.3 Å². The Morgan fingerprint density at radius 3 is 2.75 bits per heavy atom. The Kier molecular flexibility index (Phi) is 4.20. The molecule has 0 atom stereocenters. The van der Waals surface area contributed by atoms with Crippen molar-refractivity contribution in [2.24, 2.45) is 0 Å². The lowest BCUT2D eigenvalue weighted by Crippen LogP contribution is -2.12. The van der Waals surface area contributed by atoms with Crippen molar-refractivity contribution < 1.29 is 13.9 Å². The van der Waals surface area contributed by atoms with E-state index in [-0.39, 0.29) is 11.7 Å². The van der Waals surface area contributed by atoms with Crippen LogP contribution in [0.4, 0.5) is 15.8 Å². The van der Waals surface area contributed by atoms with Gasteiger partial charge in [-0.2, -0.15) is 0 Å². The second-order valence-electron chi connectivity index (χ2n) is 4.16. The third-order valence-corrected chi connectivity index (χ3v) is 2.64. The van der Waals surface area contributed by atoms with Crippen molar-refractivity contribution in [3.63, 3.8) is 0 Å². The summed E-state index contributed by atoms with van der Waals surface area (Å²) in [5.41, 5.74) is 6.88. The number of nitrogens with two attached hydrogens (primary N) is 1. The number of anilines is 2. The number of hydrogen-bond acceptors (Lipinski definition) is 3. The molecular weight excluding hydrogens is 259 g/mol. The van der Waals surface area contributed by atoms with Gasteiger partial charge >= 0.3 is 0 Å². The summed E-state index contributed by atoms with van der Waals surface area (Å²) >= 11 is 0. The molecular formula is C15H15FN2O2. The predicted molar refractivity (Wildman–Crippen MR) is 76.4 cm³/mol. The zero-order valence-electron chi connectivity index (χ0n) is 11.0. The molecule has 0 fully saturated rings. The minimum absolute atomic E-state index is 0.162. The molecule has 0 aromatic heterocycles. The lowest BCUT2D eigenvalue weighted by molar-refractivity contribution is 0.102. The fourth-order valence-electron chi connectivity index (χ4n) is 1.73. The van der Waals surface area contributed by atoms with Gasteiger partial charge < -0.3 is 15.8 Å². The predicted octanol–water partition coefficient (Wildman–Crippen LogP) is 3.06. The number of carbonyl (C=O) groups excluding carboxylic acids is 1. The number of benzene rings is 2. The van der Waals surface area contributed by atoms with Crippen LogP contribution in [0, 0.1) is 5.82 Å². The molecule has 5 heteroatoms. The summed E-state index contributed by atoms with van der Waals surface area (Å²) in [5, 5.41) is 2.61. The van der Waals surface area contributed by atoms with E-state index in [1.165, 1.54) is 12.1 Å². The smallest absolute Gasteiger partial charge is 0.255 e. The summed E-state index contributed by atoms with van der Waals surface area (Å²) in [6.45, 7) is 2.15. The van der Waals surface area contributed by atoms with E-state index in [2.05, 4.69) is 5.32 Å². The molecule has 0 radical (unpaired) electrons. The zero-order chi connectivity index (χ0) is 14.5. The highest BCUT2D eigenvalue weighted by Crippen LogP contribution is 2.21. The van der Waals surface area contributed by atoms with Gasteiger partial charge in [0, 0.05) is 23.0 Å². The third-order valence-electron chi connectivity index (χ3n) is 2.64. The van der Waals surface area contributed by atoms with Crippen molar-refractivity contribution in [1.29, 1.82) is 0 Å². The summed E-state index contributed by atoms with van der Waals surface area (Å²) in [4.78, 5) is 12.0. The summed E-state index contributed by atoms with van der Waals surface area (Å²) in [5.74, 6) is -0.701. The fourth-order valence-corrected chi connectivity index (χ4v) is 1.73. The minimum Gasteiger partial charge on any atom is -0.491 e. The summed E-state index contributed by atoms with van der Waals surface area (Å²) in [7, 11) is 0. The lowest BCUT2D eigenvalue weighted by atomic mass is 10.2. The van der Waals surface area contributed by atoms with Crippen molar-refractivity contribution in [3.05, 3.63) is 53.8 Å². The molecule has 0 spiro atoms. The van der Waals surface area contributed by atoms with Gasteiger partial charge in [0.15, 0.2) is 11.6 Å². The molecule has 104 valence electrons. The second kappa shape index (κ2) is 6.06. The highest BCUT2D eigenvalue weighted by atomic mass is 19.1. The third kappa shape index (κ3) is 3.26. The van der Waals surface area contributed by atoms with Crippen molar-refractivity contribution >= 4 is 17.3 Å². The SMILES string of the molecule is CCOc1ccc(NC(=O)c2cccc(N)c2)cc1F. The van der Waals surface area contributed by atoms with Crippen molar-refractivity contribution in [2.45, 2.75) is 6.92 Å². The highest BCUT2D eigenvalue weighted by molar-refractivity contribution is 6.04. The summed E-state index contributed by atoms with van der Waals surface area (Å²) in [6, 6.07) is 10.8. The summed E-state index contributed by atoms with van der Waals surface area (Å²) < 4.78 is 18.8. The van der Waals surface area contributed by atoms with E-state index in [1.807, 2.05) is 0 Å². The normalized spacial score (nSPS) is 10.1. The van der Waals surface area contributed by atoms with E-state index in [0.29, 0.717) is 23.5 Å². The molecule has 0 saturated heterocycles. The molecule has 2 rings (SSSR count). The molecule has 20 heavy (non-hydrogen) atoms. The van der Waals surface area contributed by atoms with Gasteiger partial charge in [-0.1, -0.05) is 6.07 Å². The monoisotopic (exact) mass is 274 g/mol. The fraction of sp³-hybridized carbons (Fsp3) is 0.133. The Hall–Kier alpha value is -2.56. The van der Waals surface area contributed by atoms with Gasteiger partial charge in [-0.15, -0.1) is 0 Å². The van der Waals surface area contributed by atoms with Gasteiger partial charge in [-0.25, -0.2) is 4.39 Å². The number of rotatable bonds is 4. The van der Waals surface area contributed by atoms with E-state index in [0.717, 1.165) is 0 Å². The van der Waals surface area contributed by atoms with Gasteiger partial charge in [0.1, 0.15) is 0 Å². The molecule has 3 N–H and O–H groups in total. The van der Waals surface area contributed by atoms with Crippen molar-refractivity contribution in [1.82, 2.24) is 0 Å². The minimum atomic E-state index is -0.516. The molecule has 2 aromatic rings. The number of halogens is 1. The molecule has 0 aliphatic carbocycles. The highest BCUT2D eigenvalue weighted by Gasteiger charge is 2.09. The maximum Gasteiger partial charge on any atom is 0.255 e. The van der Waals surface area contributed by atoms with E-state index in [1.54, 1.807) is 37.3 Å². The quantitative estimate of drug-likeness (QED) is 0.842. The first-order chi connectivity index (χ1) is 9.60. The topological polar surface area (TPSA) is 64.3 Å². The standard InChI is InChI=1S/C15H15FN2O2/c1-2-20-14-7-6-12(9-13(14)16)18-15(19)10-4-3-5-11(17)8-10/h3-9H,2,17H2,1H3,(H,18,19). The summed E-state index contributed by atoms with van der Waals surface area (Å²) in [6.07, 6.45) is 0. The van der Waals surface area contributed by atoms with Crippen LogP contribution in [0.1, 0.15) is 17.3 Å². The lowest BCUT2D eigenvalue weighted by Gasteiger charge is -2.08. The number of nitrogens with one attached hydrogen (secondary N) is 1. The van der Waals surface area contributed by atoms with Crippen molar-refractivity contribution in [2.75, 3.05) is 17.7 Å². The number of carbonyl (C=O) groups is 1. The molecule has 0 heterocycles. The molecule has 4 nitrogen and oxygen atoms in total. The first-order valence-corrected chi connectivity index (χ1v) is 6.19. The van der Waals surface area contributed by atoms with Crippen LogP contribution in [0.2, 0.25) is 0 Å². The Morgan fingerprint density at radius 2 is 2.10 bits per heavy atom. The average Bonchev–Trinajstić information content (AvgIpc) is 2.42. The molecule has 0 saturated carbocycles. The van der Waals surface area contributed by atoms with E-state index in [4.69, 9.17) is 10.5 Å². The van der Waals surface area contributed by atoms with E-state index >= 15 is 0 Å². The zero-order valence-corrected chi connectivity index (χ0v) is 11.0. The Bertz CT molecular complexity index is 629. The number of hydrogen-bond donors (Lipinski definition) is 2. The molecule has 0 bridgehead atoms. The molecule has 0 unspecified atom stereocenters. The van der Waals surface area contributed by atoms with Crippen LogP contribution in [0.25, 0.3) is 0 Å². The number of nitrogen functional groups attached to an aromatic ring is 1. The second-order valence-corrected chi connectivity index (χ2v) is 4.16. The first-order valence-electron chi connectivity index (χ1n) is 6.19. The van der Waals surface area contributed by atoms with Crippen LogP contribution in [0.15, 0.2) is 42.5 Å². The van der Waals surface area contributed by atoms with Gasteiger partial charge in [0.25, 0.3) is 5.91 Å². The maximum atomic E-state index is 13.7. The van der Waals surface area contributed by atoms with Gasteiger partial charge in [0.05, 0.1) is 6.61 Å². The maximum absolute atomic E-state index is 13.7. The van der Waals surface area contributed by atoms with Crippen LogP contribution in [0.5, 0.6) is 5.75 Å². The van der Waals surface area contributed by atoms with E-state index < -0.39 is 5.82 Å². The molecule has 2 aromatic carbocycles. The van der Waals surface area contributed by atoms with E-state index in [9.17, 15) is 9.18 Å². The van der Waals surface area contributed by atoms with Gasteiger partial charge in [-0.3, -0.25) is 4.79 Å². The Labute approximate surface area is 116 Å². The first kappa shape index (κ1) is 13.9. The largest absolute Gasteiger partial charge is 0.491 e.